The molecule has 2 N–H and O–H groups in total. The number of esters is 2. The Labute approximate surface area is 215 Å². The first-order chi connectivity index (χ1) is 17.7. The number of benzene rings is 3. The largest absolute Gasteiger partial charge is 0.425 e. The number of carbonyl (C=O) groups excluding carboxylic acids is 4. The first-order valence-corrected chi connectivity index (χ1v) is 12.0. The Bertz CT molecular complexity index is 1290. The third-order valence-electron chi connectivity index (χ3n) is 5.92. The van der Waals surface area contributed by atoms with E-state index in [0.29, 0.717) is 0 Å². The molecule has 0 atom stereocenters. The molecule has 0 radical (unpaired) electrons. The fourth-order valence-corrected chi connectivity index (χ4v) is 4.00. The third-order valence-corrected chi connectivity index (χ3v) is 5.92. The molecular weight excluding hydrogens is 472 g/mol. The molecule has 0 aromatic heterocycles. The van der Waals surface area contributed by atoms with Crippen molar-refractivity contribution in [3.05, 3.63) is 83.4 Å². The average Bonchev–Trinajstić information content (AvgIpc) is 3.17. The number of ether oxygens (including phenoxy) is 2. The molecule has 3 aromatic rings. The van der Waals surface area contributed by atoms with Gasteiger partial charge in [-0.15, -0.1) is 0 Å². The van der Waals surface area contributed by atoms with E-state index in [-0.39, 0.29) is 17.1 Å². The molecule has 0 fully saturated rings. The van der Waals surface area contributed by atoms with Gasteiger partial charge in [-0.2, -0.15) is 0 Å². The molecule has 1 aliphatic rings. The van der Waals surface area contributed by atoms with Crippen LogP contribution in [0.1, 0.15) is 55.2 Å². The van der Waals surface area contributed by atoms with Gasteiger partial charge < -0.3 is 14.8 Å². The van der Waals surface area contributed by atoms with Crippen LogP contribution in [-0.4, -0.2) is 23.9 Å². The summed E-state index contributed by atoms with van der Waals surface area (Å²) in [5, 5.41) is 5.16. The Morgan fingerprint density at radius 3 is 1.59 bits per heavy atom. The highest BCUT2D eigenvalue weighted by Gasteiger charge is 2.31. The fourth-order valence-electron chi connectivity index (χ4n) is 4.00. The molecule has 4 rings (SSSR count). The second-order valence-electron chi connectivity index (χ2n) is 9.32. The summed E-state index contributed by atoms with van der Waals surface area (Å²) in [6.45, 7) is 6.59. The maximum Gasteiger partial charge on any atom is 0.322 e. The summed E-state index contributed by atoms with van der Waals surface area (Å²) in [6.07, 6.45) is 0. The minimum absolute atomic E-state index is 0.116. The van der Waals surface area contributed by atoms with Gasteiger partial charge >= 0.3 is 18.0 Å². The van der Waals surface area contributed by atoms with Crippen molar-refractivity contribution in [3.8, 4) is 22.6 Å². The highest BCUT2D eigenvalue weighted by molar-refractivity contribution is 6.08. The minimum Gasteiger partial charge on any atom is -0.425 e. The zero-order valence-corrected chi connectivity index (χ0v) is 21.0. The predicted molar refractivity (Wildman–Crippen MR) is 137 cm³/mol. The van der Waals surface area contributed by atoms with E-state index in [1.807, 2.05) is 48.5 Å². The van der Waals surface area contributed by atoms with E-state index in [9.17, 15) is 19.2 Å². The third kappa shape index (κ3) is 5.38. The van der Waals surface area contributed by atoms with E-state index in [4.69, 9.17) is 9.47 Å². The summed E-state index contributed by atoms with van der Waals surface area (Å²) in [5.74, 6) is -3.21. The van der Waals surface area contributed by atoms with Gasteiger partial charge in [0, 0.05) is 0 Å². The maximum absolute atomic E-state index is 13.3. The summed E-state index contributed by atoms with van der Waals surface area (Å²) >= 11 is 0. The highest BCUT2D eigenvalue weighted by atomic mass is 16.5. The quantitative estimate of drug-likeness (QED) is 0.363. The lowest BCUT2D eigenvalue weighted by Crippen LogP contribution is -2.41. The number of imide groups is 1. The van der Waals surface area contributed by atoms with Gasteiger partial charge in [0.25, 0.3) is 5.91 Å². The Kier molecular flexibility index (Phi) is 7.38. The lowest BCUT2D eigenvalue weighted by Gasteiger charge is -2.18. The van der Waals surface area contributed by atoms with E-state index >= 15 is 0 Å². The van der Waals surface area contributed by atoms with Crippen molar-refractivity contribution < 1.29 is 28.7 Å². The summed E-state index contributed by atoms with van der Waals surface area (Å²) in [7, 11) is 0. The zero-order valence-electron chi connectivity index (χ0n) is 21.0. The van der Waals surface area contributed by atoms with Crippen molar-refractivity contribution in [2.24, 2.45) is 11.8 Å². The molecule has 3 amide bonds. The van der Waals surface area contributed by atoms with Gasteiger partial charge in [-0.25, -0.2) is 4.79 Å². The summed E-state index contributed by atoms with van der Waals surface area (Å²) in [4.78, 5) is 50.9. The Morgan fingerprint density at radius 1 is 0.676 bits per heavy atom. The number of rotatable bonds is 6. The molecule has 1 aliphatic carbocycles. The molecule has 8 heteroatoms. The number of urea groups is 1. The van der Waals surface area contributed by atoms with E-state index in [1.54, 1.807) is 27.7 Å². The number of amides is 3. The molecule has 3 aromatic carbocycles. The van der Waals surface area contributed by atoms with Gasteiger partial charge in [-0.1, -0.05) is 82.3 Å². The Balaban J connectivity index is 1.61. The van der Waals surface area contributed by atoms with Crippen LogP contribution in [0, 0.1) is 11.8 Å². The topological polar surface area (TPSA) is 111 Å². The standard InChI is InChI=1S/C29H28N2O6/c1-16(2)27(33)36-22-14-9-15-23(37-28(34)17(3)4)24(22)26(32)31-29(35)30-25-20-12-7-5-10-18(20)19-11-6-8-13-21(19)25/h5-17,25H,1-4H3,(H2,30,31,32,35). The van der Waals surface area contributed by atoms with Crippen LogP contribution in [-0.2, 0) is 9.59 Å². The van der Waals surface area contributed by atoms with Crippen molar-refractivity contribution in [1.82, 2.24) is 10.6 Å². The normalized spacial score (nSPS) is 12.1. The van der Waals surface area contributed by atoms with Crippen LogP contribution in [0.3, 0.4) is 0 Å². The van der Waals surface area contributed by atoms with Gasteiger partial charge in [0.1, 0.15) is 17.1 Å². The predicted octanol–water partition coefficient (Wildman–Crippen LogP) is 5.02. The maximum atomic E-state index is 13.3. The molecular formula is C29H28N2O6. The van der Waals surface area contributed by atoms with E-state index in [2.05, 4.69) is 10.6 Å². The van der Waals surface area contributed by atoms with Crippen LogP contribution >= 0.6 is 0 Å². The van der Waals surface area contributed by atoms with E-state index in [1.165, 1.54) is 18.2 Å². The molecule has 0 bridgehead atoms. The van der Waals surface area contributed by atoms with Crippen LogP contribution in [0.4, 0.5) is 4.79 Å². The lowest BCUT2D eigenvalue weighted by molar-refractivity contribution is -0.138. The van der Waals surface area contributed by atoms with Gasteiger partial charge in [-0.3, -0.25) is 19.7 Å². The monoisotopic (exact) mass is 500 g/mol. The summed E-state index contributed by atoms with van der Waals surface area (Å²) < 4.78 is 10.8. The molecule has 37 heavy (non-hydrogen) atoms. The number of hydrogen-bond acceptors (Lipinski definition) is 6. The number of carbonyl (C=O) groups is 4. The van der Waals surface area contributed by atoms with Crippen molar-refractivity contribution in [1.29, 1.82) is 0 Å². The van der Waals surface area contributed by atoms with Crippen LogP contribution in [0.5, 0.6) is 11.5 Å². The second kappa shape index (κ2) is 10.7. The Hall–Kier alpha value is -4.46. The first-order valence-electron chi connectivity index (χ1n) is 12.0. The number of fused-ring (bicyclic) bond motifs is 3. The molecule has 190 valence electrons. The average molecular weight is 501 g/mol. The van der Waals surface area contributed by atoms with Crippen LogP contribution < -0.4 is 20.1 Å². The number of hydrogen-bond donors (Lipinski definition) is 2. The van der Waals surface area contributed by atoms with E-state index < -0.39 is 41.8 Å². The SMILES string of the molecule is CC(C)C(=O)Oc1cccc(OC(=O)C(C)C)c1C(=O)NC(=O)NC1c2ccccc2-c2ccccc21. The molecule has 0 saturated carbocycles. The van der Waals surface area contributed by atoms with Crippen molar-refractivity contribution in [3.63, 3.8) is 0 Å². The smallest absolute Gasteiger partial charge is 0.322 e. The van der Waals surface area contributed by atoms with Gasteiger partial charge in [0.2, 0.25) is 0 Å². The first kappa shape index (κ1) is 25.6. The fraction of sp³-hybridized carbons (Fsp3) is 0.241. The minimum atomic E-state index is -0.879. The van der Waals surface area contributed by atoms with E-state index in [0.717, 1.165) is 22.3 Å². The zero-order chi connectivity index (χ0) is 26.7. The van der Waals surface area contributed by atoms with Crippen LogP contribution in [0.25, 0.3) is 11.1 Å². The van der Waals surface area contributed by atoms with Crippen LogP contribution in [0.15, 0.2) is 66.7 Å². The molecule has 0 spiro atoms. The van der Waals surface area contributed by atoms with Gasteiger partial charge in [0.15, 0.2) is 0 Å². The highest BCUT2D eigenvalue weighted by Crippen LogP contribution is 2.43. The molecule has 0 unspecified atom stereocenters. The molecule has 0 heterocycles. The van der Waals surface area contributed by atoms with Gasteiger partial charge in [-0.05, 0) is 34.4 Å². The van der Waals surface area contributed by atoms with Crippen molar-refractivity contribution >= 4 is 23.9 Å². The summed E-state index contributed by atoms with van der Waals surface area (Å²) in [5.41, 5.74) is 3.59. The summed E-state index contributed by atoms with van der Waals surface area (Å²) in [6, 6.07) is 18.5. The van der Waals surface area contributed by atoms with Crippen molar-refractivity contribution in [2.75, 3.05) is 0 Å². The number of nitrogens with one attached hydrogen (secondary N) is 2. The van der Waals surface area contributed by atoms with Gasteiger partial charge in [0.05, 0.1) is 17.9 Å². The molecule has 8 nitrogen and oxygen atoms in total. The second-order valence-corrected chi connectivity index (χ2v) is 9.32. The van der Waals surface area contributed by atoms with Crippen LogP contribution in [0.2, 0.25) is 0 Å². The Morgan fingerprint density at radius 2 is 1.14 bits per heavy atom. The van der Waals surface area contributed by atoms with Crippen molar-refractivity contribution in [2.45, 2.75) is 33.7 Å². The molecule has 0 aliphatic heterocycles. The lowest BCUT2D eigenvalue weighted by atomic mass is 10.1. The molecule has 0 saturated heterocycles.